The van der Waals surface area contributed by atoms with Gasteiger partial charge in [0.25, 0.3) is 11.8 Å². The van der Waals surface area contributed by atoms with E-state index in [0.717, 1.165) is 5.56 Å². The highest BCUT2D eigenvalue weighted by atomic mass is 16.5. The third-order valence-electron chi connectivity index (χ3n) is 3.71. The second-order valence-corrected chi connectivity index (χ2v) is 5.14. The van der Waals surface area contributed by atoms with Crippen molar-refractivity contribution in [2.75, 3.05) is 24.6 Å². The molecule has 0 atom stereocenters. The Balaban J connectivity index is 1.72. The van der Waals surface area contributed by atoms with Crippen molar-refractivity contribution in [1.29, 1.82) is 0 Å². The van der Waals surface area contributed by atoms with Gasteiger partial charge < -0.3 is 19.6 Å². The van der Waals surface area contributed by atoms with E-state index in [1.165, 1.54) is 0 Å². The highest BCUT2D eigenvalue weighted by Crippen LogP contribution is 2.26. The Morgan fingerprint density at radius 3 is 2.55 bits per heavy atom. The molecule has 0 aliphatic carbocycles. The molecule has 2 heterocycles. The van der Waals surface area contributed by atoms with Gasteiger partial charge in [-0.15, -0.1) is 0 Å². The maximum atomic E-state index is 9.99. The van der Waals surface area contributed by atoms with Crippen LogP contribution in [0.4, 0.5) is 5.95 Å². The molecule has 3 rings (SSSR count). The van der Waals surface area contributed by atoms with Crippen molar-refractivity contribution in [1.82, 2.24) is 10.1 Å². The Bertz CT molecular complexity index is 562. The summed E-state index contributed by atoms with van der Waals surface area (Å²) in [5.41, 5.74) is -0.0854. The lowest BCUT2D eigenvalue weighted by atomic mass is 9.93. The van der Waals surface area contributed by atoms with E-state index in [1.54, 1.807) is 0 Å². The topological polar surface area (TPSA) is 82.6 Å². The number of aliphatic hydroxyl groups excluding tert-OH is 1. The molecule has 1 fully saturated rings. The lowest BCUT2D eigenvalue weighted by Crippen LogP contribution is -2.47. The van der Waals surface area contributed by atoms with E-state index < -0.39 is 5.60 Å². The van der Waals surface area contributed by atoms with Gasteiger partial charge in [-0.1, -0.05) is 18.2 Å². The summed E-state index contributed by atoms with van der Waals surface area (Å²) < 4.78 is 5.27. The lowest BCUT2D eigenvalue weighted by Gasteiger charge is -2.36. The summed E-state index contributed by atoms with van der Waals surface area (Å²) in [7, 11) is 0. The normalized spacial score (nSPS) is 18.2. The number of hydrogen-bond acceptors (Lipinski definition) is 6. The molecule has 20 heavy (non-hydrogen) atoms. The molecule has 6 heteroatoms. The second-order valence-electron chi connectivity index (χ2n) is 5.14. The molecule has 2 aromatic rings. The van der Waals surface area contributed by atoms with Crippen molar-refractivity contribution < 1.29 is 14.7 Å². The summed E-state index contributed by atoms with van der Waals surface area (Å²) in [6.07, 6.45) is 0.997. The molecule has 0 bridgehead atoms. The quantitative estimate of drug-likeness (QED) is 0.871. The minimum atomic E-state index is -0.970. The Morgan fingerprint density at radius 2 is 1.90 bits per heavy atom. The average Bonchev–Trinajstić information content (AvgIpc) is 2.99. The van der Waals surface area contributed by atoms with Gasteiger partial charge in [-0.25, -0.2) is 0 Å². The monoisotopic (exact) mass is 275 g/mol. The molecular formula is C14H17N3O3. The molecule has 0 amide bonds. The van der Waals surface area contributed by atoms with Crippen LogP contribution in [0, 0.1) is 0 Å². The number of nitrogens with zero attached hydrogens (tertiary/aromatic N) is 3. The van der Waals surface area contributed by atoms with E-state index in [0.29, 0.717) is 37.8 Å². The molecule has 1 aromatic carbocycles. The number of aliphatic hydroxyl groups is 2. The van der Waals surface area contributed by atoms with Crippen LogP contribution in [0.3, 0.4) is 0 Å². The van der Waals surface area contributed by atoms with Crippen LogP contribution >= 0.6 is 0 Å². The highest BCUT2D eigenvalue weighted by molar-refractivity contribution is 5.54. The second kappa shape index (κ2) is 5.22. The van der Waals surface area contributed by atoms with Crippen LogP contribution in [0.5, 0.6) is 0 Å². The Kier molecular flexibility index (Phi) is 3.42. The van der Waals surface area contributed by atoms with Crippen LogP contribution in [0.1, 0.15) is 12.8 Å². The van der Waals surface area contributed by atoms with Crippen LogP contribution in [0.15, 0.2) is 34.9 Å². The SMILES string of the molecule is OCC1(O)CCN(c2noc(-c3ccccc3)n2)CC1. The Hall–Kier alpha value is -1.92. The molecular weight excluding hydrogens is 258 g/mol. The first-order valence-electron chi connectivity index (χ1n) is 6.67. The molecule has 6 nitrogen and oxygen atoms in total. The van der Waals surface area contributed by atoms with Gasteiger partial charge in [0.15, 0.2) is 0 Å². The molecule has 0 saturated carbocycles. The zero-order chi connectivity index (χ0) is 14.0. The average molecular weight is 275 g/mol. The molecule has 1 aliphatic heterocycles. The van der Waals surface area contributed by atoms with Crippen molar-refractivity contribution in [3.8, 4) is 11.5 Å². The van der Waals surface area contributed by atoms with Gasteiger partial charge in [0.05, 0.1) is 12.2 Å². The van der Waals surface area contributed by atoms with E-state index in [4.69, 9.17) is 9.63 Å². The number of hydrogen-bond donors (Lipinski definition) is 2. The first-order chi connectivity index (χ1) is 9.70. The molecule has 1 saturated heterocycles. The third kappa shape index (κ3) is 2.52. The largest absolute Gasteiger partial charge is 0.393 e. The summed E-state index contributed by atoms with van der Waals surface area (Å²) in [6, 6.07) is 9.60. The third-order valence-corrected chi connectivity index (χ3v) is 3.71. The molecule has 1 aliphatic rings. The summed E-state index contributed by atoms with van der Waals surface area (Å²) in [5, 5.41) is 23.1. The molecule has 106 valence electrons. The Morgan fingerprint density at radius 1 is 1.20 bits per heavy atom. The number of benzene rings is 1. The van der Waals surface area contributed by atoms with Gasteiger partial charge in [-0.3, -0.25) is 0 Å². The van der Waals surface area contributed by atoms with Crippen molar-refractivity contribution in [2.24, 2.45) is 0 Å². The van der Waals surface area contributed by atoms with Crippen LogP contribution < -0.4 is 4.90 Å². The minimum absolute atomic E-state index is 0.206. The van der Waals surface area contributed by atoms with Gasteiger partial charge in [0.2, 0.25) is 0 Å². The van der Waals surface area contributed by atoms with E-state index in [-0.39, 0.29) is 6.61 Å². The predicted octanol–water partition coefficient (Wildman–Crippen LogP) is 1.06. The van der Waals surface area contributed by atoms with Crippen molar-refractivity contribution in [3.63, 3.8) is 0 Å². The highest BCUT2D eigenvalue weighted by Gasteiger charge is 2.33. The zero-order valence-corrected chi connectivity index (χ0v) is 11.1. The van der Waals surface area contributed by atoms with Crippen LogP contribution in [0.2, 0.25) is 0 Å². The minimum Gasteiger partial charge on any atom is -0.393 e. The van der Waals surface area contributed by atoms with E-state index in [9.17, 15) is 5.11 Å². The molecule has 0 unspecified atom stereocenters. The zero-order valence-electron chi connectivity index (χ0n) is 11.1. The van der Waals surface area contributed by atoms with Gasteiger partial charge in [0, 0.05) is 18.7 Å². The molecule has 0 spiro atoms. The number of piperidine rings is 1. The van der Waals surface area contributed by atoms with Crippen LogP contribution in [-0.2, 0) is 0 Å². The van der Waals surface area contributed by atoms with Crippen LogP contribution in [0.25, 0.3) is 11.5 Å². The number of rotatable bonds is 3. The number of aromatic nitrogens is 2. The van der Waals surface area contributed by atoms with Crippen molar-refractivity contribution in [3.05, 3.63) is 30.3 Å². The lowest BCUT2D eigenvalue weighted by molar-refractivity contribution is -0.0327. The standard InChI is InChI=1S/C14H17N3O3/c18-10-14(19)6-8-17(9-7-14)13-15-12(20-16-13)11-4-2-1-3-5-11/h1-5,18-19H,6-10H2. The van der Waals surface area contributed by atoms with E-state index in [2.05, 4.69) is 10.1 Å². The first-order valence-corrected chi connectivity index (χ1v) is 6.67. The van der Waals surface area contributed by atoms with Gasteiger partial charge in [-0.2, -0.15) is 4.98 Å². The molecule has 2 N–H and O–H groups in total. The summed E-state index contributed by atoms with van der Waals surface area (Å²) >= 11 is 0. The Labute approximate surface area is 116 Å². The molecule has 0 radical (unpaired) electrons. The van der Waals surface area contributed by atoms with Crippen molar-refractivity contribution >= 4 is 5.95 Å². The van der Waals surface area contributed by atoms with Crippen LogP contribution in [-0.4, -0.2) is 45.7 Å². The summed E-state index contributed by atoms with van der Waals surface area (Å²) in [6.45, 7) is 0.998. The summed E-state index contributed by atoms with van der Waals surface area (Å²) in [4.78, 5) is 6.34. The maximum Gasteiger partial charge on any atom is 0.266 e. The smallest absolute Gasteiger partial charge is 0.266 e. The van der Waals surface area contributed by atoms with Gasteiger partial charge in [-0.05, 0) is 30.1 Å². The fraction of sp³-hybridized carbons (Fsp3) is 0.429. The number of anilines is 1. The summed E-state index contributed by atoms with van der Waals surface area (Å²) in [5.74, 6) is 1.02. The van der Waals surface area contributed by atoms with Crippen molar-refractivity contribution in [2.45, 2.75) is 18.4 Å². The van der Waals surface area contributed by atoms with E-state index >= 15 is 0 Å². The van der Waals surface area contributed by atoms with Gasteiger partial charge >= 0.3 is 0 Å². The predicted molar refractivity (Wildman–Crippen MR) is 73.2 cm³/mol. The first kappa shape index (κ1) is 13.1. The molecule has 1 aromatic heterocycles. The van der Waals surface area contributed by atoms with Gasteiger partial charge in [0.1, 0.15) is 0 Å². The fourth-order valence-corrected chi connectivity index (χ4v) is 2.32. The van der Waals surface area contributed by atoms with E-state index in [1.807, 2.05) is 35.2 Å². The maximum absolute atomic E-state index is 9.99. The fourth-order valence-electron chi connectivity index (χ4n) is 2.32.